The number of aromatic nitrogens is 1. The van der Waals surface area contributed by atoms with Crippen LogP contribution in [0.5, 0.6) is 0 Å². The first kappa shape index (κ1) is 12.9. The molecule has 1 aromatic heterocycles. The van der Waals surface area contributed by atoms with Gasteiger partial charge in [-0.1, -0.05) is 39.0 Å². The predicted octanol–water partition coefficient (Wildman–Crippen LogP) is 4.93. The van der Waals surface area contributed by atoms with Gasteiger partial charge in [0.05, 0.1) is 5.56 Å². The number of nitrogens with zero attached hydrogens (tertiary/aromatic N) is 1. The van der Waals surface area contributed by atoms with Crippen molar-refractivity contribution in [3.63, 3.8) is 0 Å². The maximum atomic E-state index is 13.8. The van der Waals surface area contributed by atoms with Crippen LogP contribution in [-0.2, 0) is 5.41 Å². The summed E-state index contributed by atoms with van der Waals surface area (Å²) in [5.74, 6) is -0.000685. The van der Waals surface area contributed by atoms with Crippen molar-refractivity contribution in [3.05, 3.63) is 53.8 Å². The SMILES string of the molecule is CC(C)(C)c1ccc2oc(-c3ccccc3F)nc2c1. The molecule has 0 fully saturated rings. The van der Waals surface area contributed by atoms with E-state index in [1.807, 2.05) is 18.2 Å². The summed E-state index contributed by atoms with van der Waals surface area (Å²) < 4.78 is 19.4. The molecule has 1 heterocycles. The van der Waals surface area contributed by atoms with Crippen molar-refractivity contribution in [1.29, 1.82) is 0 Å². The predicted molar refractivity (Wildman–Crippen MR) is 78.1 cm³/mol. The van der Waals surface area contributed by atoms with Gasteiger partial charge in [0.1, 0.15) is 11.3 Å². The Bertz CT molecular complexity index is 768. The Labute approximate surface area is 117 Å². The third-order valence-corrected chi connectivity index (χ3v) is 3.36. The van der Waals surface area contributed by atoms with Gasteiger partial charge in [-0.3, -0.25) is 0 Å². The molecule has 20 heavy (non-hydrogen) atoms. The van der Waals surface area contributed by atoms with Crippen LogP contribution in [-0.4, -0.2) is 4.98 Å². The molecule has 0 atom stereocenters. The smallest absolute Gasteiger partial charge is 0.230 e. The second-order valence-corrected chi connectivity index (χ2v) is 5.93. The molecule has 0 unspecified atom stereocenters. The first-order valence-electron chi connectivity index (χ1n) is 6.61. The fourth-order valence-electron chi connectivity index (χ4n) is 2.14. The summed E-state index contributed by atoms with van der Waals surface area (Å²) >= 11 is 0. The van der Waals surface area contributed by atoms with E-state index in [1.165, 1.54) is 11.6 Å². The lowest BCUT2D eigenvalue weighted by atomic mass is 9.87. The third kappa shape index (κ3) is 2.20. The van der Waals surface area contributed by atoms with Crippen LogP contribution in [0.25, 0.3) is 22.6 Å². The van der Waals surface area contributed by atoms with Gasteiger partial charge in [-0.05, 0) is 35.2 Å². The molecule has 0 N–H and O–H groups in total. The Kier molecular flexibility index (Phi) is 2.85. The zero-order chi connectivity index (χ0) is 14.3. The fraction of sp³-hybridized carbons (Fsp3) is 0.235. The van der Waals surface area contributed by atoms with Gasteiger partial charge in [-0.25, -0.2) is 9.37 Å². The highest BCUT2D eigenvalue weighted by atomic mass is 19.1. The lowest BCUT2D eigenvalue weighted by molar-refractivity contribution is 0.588. The minimum absolute atomic E-state index is 0.0469. The van der Waals surface area contributed by atoms with Crippen molar-refractivity contribution < 1.29 is 8.81 Å². The monoisotopic (exact) mass is 269 g/mol. The van der Waals surface area contributed by atoms with Crippen LogP contribution in [0.1, 0.15) is 26.3 Å². The Morgan fingerprint density at radius 3 is 2.50 bits per heavy atom. The fourth-order valence-corrected chi connectivity index (χ4v) is 2.14. The molecule has 3 rings (SSSR count). The van der Waals surface area contributed by atoms with Gasteiger partial charge in [-0.2, -0.15) is 0 Å². The van der Waals surface area contributed by atoms with Crippen LogP contribution in [0.4, 0.5) is 4.39 Å². The summed E-state index contributed by atoms with van der Waals surface area (Å²) in [5, 5.41) is 0. The summed E-state index contributed by atoms with van der Waals surface area (Å²) in [6.45, 7) is 6.43. The standard InChI is InChI=1S/C17H16FNO/c1-17(2,3)11-8-9-15-14(10-11)19-16(20-15)12-6-4-5-7-13(12)18/h4-10H,1-3H3. The van der Waals surface area contributed by atoms with Gasteiger partial charge < -0.3 is 4.42 Å². The quantitative estimate of drug-likeness (QED) is 0.626. The molecule has 102 valence electrons. The highest BCUT2D eigenvalue weighted by Crippen LogP contribution is 2.29. The van der Waals surface area contributed by atoms with Crippen molar-refractivity contribution in [2.24, 2.45) is 0 Å². The molecule has 0 saturated carbocycles. The van der Waals surface area contributed by atoms with Gasteiger partial charge in [0, 0.05) is 0 Å². The van der Waals surface area contributed by atoms with Crippen molar-refractivity contribution >= 4 is 11.1 Å². The van der Waals surface area contributed by atoms with Gasteiger partial charge >= 0.3 is 0 Å². The molecule has 0 aliphatic carbocycles. The Hall–Kier alpha value is -2.16. The summed E-state index contributed by atoms with van der Waals surface area (Å²) in [5.41, 5.74) is 3.05. The zero-order valence-electron chi connectivity index (χ0n) is 11.8. The maximum Gasteiger partial charge on any atom is 0.230 e. The molecule has 0 aliphatic rings. The van der Waals surface area contributed by atoms with Gasteiger partial charge in [0.2, 0.25) is 5.89 Å². The molecule has 3 aromatic rings. The van der Waals surface area contributed by atoms with Crippen LogP contribution in [0.3, 0.4) is 0 Å². The topological polar surface area (TPSA) is 26.0 Å². The molecule has 2 aromatic carbocycles. The summed E-state index contributed by atoms with van der Waals surface area (Å²) in [4.78, 5) is 4.41. The molecule has 2 nitrogen and oxygen atoms in total. The number of oxazole rings is 1. The average molecular weight is 269 g/mol. The van der Waals surface area contributed by atoms with E-state index in [-0.39, 0.29) is 11.2 Å². The van der Waals surface area contributed by atoms with E-state index in [2.05, 4.69) is 25.8 Å². The van der Waals surface area contributed by atoms with Crippen molar-refractivity contribution in [3.8, 4) is 11.5 Å². The summed E-state index contributed by atoms with van der Waals surface area (Å²) in [6.07, 6.45) is 0. The van der Waals surface area contributed by atoms with Crippen molar-refractivity contribution in [2.75, 3.05) is 0 Å². The molecule has 3 heteroatoms. The molecule has 0 saturated heterocycles. The molecular weight excluding hydrogens is 253 g/mol. The molecule has 0 aliphatic heterocycles. The molecule has 0 bridgehead atoms. The number of benzene rings is 2. The second kappa shape index (κ2) is 4.44. The summed E-state index contributed by atoms with van der Waals surface area (Å²) in [7, 11) is 0. The number of fused-ring (bicyclic) bond motifs is 1. The van der Waals surface area contributed by atoms with Crippen molar-refractivity contribution in [1.82, 2.24) is 4.98 Å². The number of hydrogen-bond acceptors (Lipinski definition) is 2. The number of rotatable bonds is 1. The highest BCUT2D eigenvalue weighted by Gasteiger charge is 2.17. The number of hydrogen-bond donors (Lipinski definition) is 0. The normalized spacial score (nSPS) is 12.0. The largest absolute Gasteiger partial charge is 0.436 e. The Balaban J connectivity index is 2.14. The zero-order valence-corrected chi connectivity index (χ0v) is 11.8. The van der Waals surface area contributed by atoms with Gasteiger partial charge in [0.15, 0.2) is 5.58 Å². The minimum Gasteiger partial charge on any atom is -0.436 e. The van der Waals surface area contributed by atoms with E-state index in [0.29, 0.717) is 17.0 Å². The Morgan fingerprint density at radius 2 is 1.80 bits per heavy atom. The molecular formula is C17H16FNO. The molecule has 0 amide bonds. The number of halogens is 1. The Morgan fingerprint density at radius 1 is 1.05 bits per heavy atom. The van der Waals surface area contributed by atoms with Gasteiger partial charge in [-0.15, -0.1) is 0 Å². The first-order valence-corrected chi connectivity index (χ1v) is 6.61. The van der Waals surface area contributed by atoms with Crippen LogP contribution in [0.2, 0.25) is 0 Å². The minimum atomic E-state index is -0.324. The van der Waals surface area contributed by atoms with E-state index in [4.69, 9.17) is 4.42 Å². The molecule has 0 spiro atoms. The van der Waals surface area contributed by atoms with E-state index in [1.54, 1.807) is 18.2 Å². The maximum absolute atomic E-state index is 13.8. The summed E-state index contributed by atoms with van der Waals surface area (Å²) in [6, 6.07) is 12.4. The van der Waals surface area contributed by atoms with E-state index in [0.717, 1.165) is 5.52 Å². The van der Waals surface area contributed by atoms with Crippen LogP contribution < -0.4 is 0 Å². The van der Waals surface area contributed by atoms with Crippen LogP contribution in [0, 0.1) is 5.82 Å². The van der Waals surface area contributed by atoms with Crippen molar-refractivity contribution in [2.45, 2.75) is 26.2 Å². The van der Waals surface area contributed by atoms with E-state index < -0.39 is 0 Å². The van der Waals surface area contributed by atoms with Crippen LogP contribution in [0.15, 0.2) is 46.9 Å². The van der Waals surface area contributed by atoms with E-state index in [9.17, 15) is 4.39 Å². The van der Waals surface area contributed by atoms with Crippen LogP contribution >= 0.6 is 0 Å². The van der Waals surface area contributed by atoms with E-state index >= 15 is 0 Å². The average Bonchev–Trinajstić information content (AvgIpc) is 2.80. The second-order valence-electron chi connectivity index (χ2n) is 5.93. The first-order chi connectivity index (χ1) is 9.45. The van der Waals surface area contributed by atoms with Gasteiger partial charge in [0.25, 0.3) is 0 Å². The third-order valence-electron chi connectivity index (χ3n) is 3.36. The highest BCUT2D eigenvalue weighted by molar-refractivity contribution is 5.77. The molecule has 0 radical (unpaired) electrons. The lowest BCUT2D eigenvalue weighted by Crippen LogP contribution is -2.10. The lowest BCUT2D eigenvalue weighted by Gasteiger charge is -2.18.